The number of aromatic nitrogens is 2. The first-order valence-corrected chi connectivity index (χ1v) is 9.77. The number of ether oxygens (including phenoxy) is 2. The number of piperidine rings is 1. The number of rotatable bonds is 4. The quantitative estimate of drug-likeness (QED) is 0.706. The predicted molar refractivity (Wildman–Crippen MR) is 104 cm³/mol. The van der Waals surface area contributed by atoms with E-state index in [1.807, 2.05) is 18.2 Å². The average Bonchev–Trinajstić information content (AvgIpc) is 3.37. The van der Waals surface area contributed by atoms with Gasteiger partial charge in [-0.25, -0.2) is 8.78 Å². The molecule has 0 aliphatic carbocycles. The second-order valence-corrected chi connectivity index (χ2v) is 7.56. The van der Waals surface area contributed by atoms with Gasteiger partial charge in [0.25, 0.3) is 0 Å². The third-order valence-electron chi connectivity index (χ3n) is 5.66. The first kappa shape index (κ1) is 18.1. The average molecular weight is 397 g/mol. The van der Waals surface area contributed by atoms with E-state index >= 15 is 0 Å². The molecule has 3 aromatic rings. The van der Waals surface area contributed by atoms with E-state index in [2.05, 4.69) is 15.1 Å². The van der Waals surface area contributed by atoms with Crippen molar-refractivity contribution in [3.8, 4) is 22.6 Å². The fourth-order valence-electron chi connectivity index (χ4n) is 4.29. The highest BCUT2D eigenvalue weighted by Gasteiger charge is 2.27. The lowest BCUT2D eigenvalue weighted by Crippen LogP contribution is -2.34. The van der Waals surface area contributed by atoms with E-state index in [9.17, 15) is 8.78 Å². The largest absolute Gasteiger partial charge is 0.454 e. The number of likely N-dealkylation sites (tertiary alicyclic amines) is 1. The van der Waals surface area contributed by atoms with E-state index in [4.69, 9.17) is 9.47 Å². The number of halogens is 2. The summed E-state index contributed by atoms with van der Waals surface area (Å²) in [6.07, 6.45) is 3.48. The summed E-state index contributed by atoms with van der Waals surface area (Å²) in [7, 11) is 0. The number of H-pyrrole nitrogens is 1. The second-order valence-electron chi connectivity index (χ2n) is 7.56. The molecule has 29 heavy (non-hydrogen) atoms. The van der Waals surface area contributed by atoms with Gasteiger partial charge in [-0.1, -0.05) is 12.1 Å². The van der Waals surface area contributed by atoms with Crippen LogP contribution in [-0.4, -0.2) is 35.0 Å². The molecule has 5 nitrogen and oxygen atoms in total. The molecule has 1 N–H and O–H groups in total. The first-order valence-electron chi connectivity index (χ1n) is 9.77. The fourth-order valence-corrected chi connectivity index (χ4v) is 4.29. The standard InChI is InChI=1S/C22H21F2N3O2/c23-17-4-1-5-18(24)21(17)16-10-25-26-22(16)15-3-2-8-27(12-15)11-14-6-7-19-20(9-14)29-13-28-19/h1,4-7,9-10,15H,2-3,8,11-13H2,(H,25,26). The van der Waals surface area contributed by atoms with Gasteiger partial charge in [-0.2, -0.15) is 5.10 Å². The topological polar surface area (TPSA) is 50.4 Å². The molecule has 2 aromatic carbocycles. The van der Waals surface area contributed by atoms with E-state index in [0.29, 0.717) is 5.56 Å². The Hall–Kier alpha value is -2.93. The molecule has 150 valence electrons. The van der Waals surface area contributed by atoms with Crippen molar-refractivity contribution in [1.29, 1.82) is 0 Å². The molecule has 2 aliphatic rings. The minimum Gasteiger partial charge on any atom is -0.454 e. The Morgan fingerprint density at radius 2 is 1.93 bits per heavy atom. The van der Waals surface area contributed by atoms with Crippen LogP contribution < -0.4 is 9.47 Å². The molecule has 1 fully saturated rings. The minimum absolute atomic E-state index is 0.0101. The van der Waals surface area contributed by atoms with Crippen LogP contribution >= 0.6 is 0 Å². The van der Waals surface area contributed by atoms with Crippen LogP contribution in [0.15, 0.2) is 42.6 Å². The van der Waals surface area contributed by atoms with E-state index < -0.39 is 11.6 Å². The highest BCUT2D eigenvalue weighted by molar-refractivity contribution is 5.67. The van der Waals surface area contributed by atoms with Crippen LogP contribution in [0.25, 0.3) is 11.1 Å². The molecule has 5 rings (SSSR count). The molecule has 0 spiro atoms. The number of benzene rings is 2. The smallest absolute Gasteiger partial charge is 0.231 e. The van der Waals surface area contributed by atoms with Gasteiger partial charge in [-0.3, -0.25) is 10.00 Å². The van der Waals surface area contributed by atoms with Crippen LogP contribution in [0.5, 0.6) is 11.5 Å². The van der Waals surface area contributed by atoms with Gasteiger partial charge >= 0.3 is 0 Å². The number of hydrogen-bond donors (Lipinski definition) is 1. The molecule has 1 aromatic heterocycles. The summed E-state index contributed by atoms with van der Waals surface area (Å²) in [5, 5.41) is 7.10. The van der Waals surface area contributed by atoms with Gasteiger partial charge in [0, 0.05) is 30.3 Å². The number of hydrogen-bond acceptors (Lipinski definition) is 4. The lowest BCUT2D eigenvalue weighted by molar-refractivity contribution is 0.173. The van der Waals surface area contributed by atoms with Crippen molar-refractivity contribution >= 4 is 0 Å². The Morgan fingerprint density at radius 1 is 1.10 bits per heavy atom. The highest BCUT2D eigenvalue weighted by atomic mass is 19.1. The summed E-state index contributed by atoms with van der Waals surface area (Å²) in [4.78, 5) is 2.36. The van der Waals surface area contributed by atoms with Gasteiger partial charge in [-0.15, -0.1) is 0 Å². The first-order chi connectivity index (χ1) is 14.2. The van der Waals surface area contributed by atoms with Crippen LogP contribution in [-0.2, 0) is 6.54 Å². The fraction of sp³-hybridized carbons (Fsp3) is 0.318. The Kier molecular flexibility index (Phi) is 4.67. The molecule has 0 saturated carbocycles. The normalized spacial score (nSPS) is 18.9. The van der Waals surface area contributed by atoms with Gasteiger partial charge in [0.1, 0.15) is 11.6 Å². The molecule has 1 saturated heterocycles. The van der Waals surface area contributed by atoms with Crippen molar-refractivity contribution < 1.29 is 18.3 Å². The van der Waals surface area contributed by atoms with Gasteiger partial charge in [0.2, 0.25) is 6.79 Å². The second kappa shape index (κ2) is 7.48. The van der Waals surface area contributed by atoms with Gasteiger partial charge in [0.05, 0.1) is 11.8 Å². The Bertz CT molecular complexity index is 1020. The number of nitrogens with one attached hydrogen (secondary N) is 1. The molecule has 0 radical (unpaired) electrons. The van der Waals surface area contributed by atoms with Crippen LogP contribution in [0, 0.1) is 11.6 Å². The zero-order chi connectivity index (χ0) is 19.8. The summed E-state index contributed by atoms with van der Waals surface area (Å²) >= 11 is 0. The Labute approximate surface area is 167 Å². The lowest BCUT2D eigenvalue weighted by Gasteiger charge is -2.32. The number of nitrogens with zero attached hydrogens (tertiary/aromatic N) is 2. The summed E-state index contributed by atoms with van der Waals surface area (Å²) in [5.41, 5.74) is 2.45. The van der Waals surface area contributed by atoms with Crippen molar-refractivity contribution in [2.75, 3.05) is 19.9 Å². The van der Waals surface area contributed by atoms with Crippen molar-refractivity contribution in [2.45, 2.75) is 25.3 Å². The molecule has 2 aliphatic heterocycles. The van der Waals surface area contributed by atoms with E-state index in [0.717, 1.165) is 55.2 Å². The maximum Gasteiger partial charge on any atom is 0.231 e. The molecule has 1 atom stereocenters. The number of aromatic amines is 1. The van der Waals surface area contributed by atoms with E-state index in [-0.39, 0.29) is 18.3 Å². The maximum absolute atomic E-state index is 14.3. The Balaban J connectivity index is 1.36. The Morgan fingerprint density at radius 3 is 2.79 bits per heavy atom. The van der Waals surface area contributed by atoms with Crippen molar-refractivity contribution in [1.82, 2.24) is 15.1 Å². The van der Waals surface area contributed by atoms with Crippen LogP contribution in [0.1, 0.15) is 30.0 Å². The molecule has 0 amide bonds. The SMILES string of the molecule is Fc1cccc(F)c1-c1cn[nH]c1C1CCCN(Cc2ccc3c(c2)OCO3)C1. The van der Waals surface area contributed by atoms with Crippen LogP contribution in [0.4, 0.5) is 8.78 Å². The van der Waals surface area contributed by atoms with Crippen molar-refractivity contribution in [2.24, 2.45) is 0 Å². The highest BCUT2D eigenvalue weighted by Crippen LogP contribution is 2.36. The van der Waals surface area contributed by atoms with Gasteiger partial charge < -0.3 is 9.47 Å². The zero-order valence-corrected chi connectivity index (χ0v) is 15.8. The third kappa shape index (κ3) is 3.46. The molecule has 3 heterocycles. The van der Waals surface area contributed by atoms with Crippen LogP contribution in [0.2, 0.25) is 0 Å². The summed E-state index contributed by atoms with van der Waals surface area (Å²) in [5.74, 6) is 0.553. The molecular weight excluding hydrogens is 376 g/mol. The van der Waals surface area contributed by atoms with Crippen molar-refractivity contribution in [3.63, 3.8) is 0 Å². The monoisotopic (exact) mass is 397 g/mol. The lowest BCUT2D eigenvalue weighted by atomic mass is 9.90. The van der Waals surface area contributed by atoms with E-state index in [1.165, 1.54) is 24.4 Å². The van der Waals surface area contributed by atoms with E-state index in [1.54, 1.807) is 0 Å². The van der Waals surface area contributed by atoms with Gasteiger partial charge in [-0.05, 0) is 49.2 Å². The zero-order valence-electron chi connectivity index (χ0n) is 15.8. The maximum atomic E-state index is 14.3. The minimum atomic E-state index is -0.569. The predicted octanol–water partition coefficient (Wildman–Crippen LogP) is 4.46. The van der Waals surface area contributed by atoms with Crippen molar-refractivity contribution in [3.05, 3.63) is 65.5 Å². The summed E-state index contributed by atoms with van der Waals surface area (Å²) < 4.78 is 39.5. The molecular formula is C22H21F2N3O2. The van der Waals surface area contributed by atoms with Gasteiger partial charge in [0.15, 0.2) is 11.5 Å². The molecule has 0 bridgehead atoms. The number of fused-ring (bicyclic) bond motifs is 1. The summed E-state index contributed by atoms with van der Waals surface area (Å²) in [6, 6.07) is 9.94. The molecule has 7 heteroatoms. The third-order valence-corrected chi connectivity index (χ3v) is 5.66. The molecule has 1 unspecified atom stereocenters. The van der Waals surface area contributed by atoms with Crippen LogP contribution in [0.3, 0.4) is 0 Å². The summed E-state index contributed by atoms with van der Waals surface area (Å²) in [6.45, 7) is 2.81.